The van der Waals surface area contributed by atoms with Crippen LogP contribution in [0.25, 0.3) is 0 Å². The van der Waals surface area contributed by atoms with Gasteiger partial charge in [0, 0.05) is 37.7 Å². The molecule has 58 heavy (non-hydrogen) atoms. The number of hydrogen-bond acceptors (Lipinski definition) is 15. The smallest absolute Gasteiger partial charge is 0.331 e. The topological polar surface area (TPSA) is 209 Å². The van der Waals surface area contributed by atoms with Gasteiger partial charge in [0.25, 0.3) is 0 Å². The summed E-state index contributed by atoms with van der Waals surface area (Å²) >= 11 is 0. The molecule has 8 rings (SSSR count). The Kier molecular flexibility index (Phi) is 12.0. The largest absolute Gasteiger partial charge is 0.459 e. The lowest BCUT2D eigenvalue weighted by atomic mass is 9.42. The molecule has 0 aromatic carbocycles. The van der Waals surface area contributed by atoms with Gasteiger partial charge in [-0.25, -0.2) is 4.79 Å². The van der Waals surface area contributed by atoms with Crippen LogP contribution in [0.4, 0.5) is 0 Å². The van der Waals surface area contributed by atoms with E-state index in [4.69, 9.17) is 37.9 Å². The van der Waals surface area contributed by atoms with E-state index in [2.05, 4.69) is 6.92 Å². The molecule has 0 radical (unpaired) electrons. The Morgan fingerprint density at radius 2 is 1.38 bits per heavy atom. The number of carbonyl (C=O) groups excluding carboxylic acids is 2. The van der Waals surface area contributed by atoms with E-state index < -0.39 is 96.9 Å². The van der Waals surface area contributed by atoms with E-state index in [0.29, 0.717) is 18.8 Å². The summed E-state index contributed by atoms with van der Waals surface area (Å²) < 4.78 is 47.7. The summed E-state index contributed by atoms with van der Waals surface area (Å²) in [7, 11) is 0. The van der Waals surface area contributed by atoms with Crippen molar-refractivity contribution in [2.24, 2.45) is 34.5 Å². The maximum Gasteiger partial charge on any atom is 0.331 e. The molecule has 0 amide bonds. The maximum absolute atomic E-state index is 12.6. The van der Waals surface area contributed by atoms with Gasteiger partial charge in [-0.2, -0.15) is 0 Å². The van der Waals surface area contributed by atoms with Crippen LogP contribution >= 0.6 is 0 Å². The van der Waals surface area contributed by atoms with Gasteiger partial charge in [-0.3, -0.25) is 4.79 Å². The van der Waals surface area contributed by atoms with E-state index in [1.807, 2.05) is 13.8 Å². The number of cyclic esters (lactones) is 1. The van der Waals surface area contributed by atoms with Crippen molar-refractivity contribution in [3.05, 3.63) is 11.6 Å². The summed E-state index contributed by atoms with van der Waals surface area (Å²) in [6, 6.07) is 0. The number of rotatable bonds is 8. The minimum Gasteiger partial charge on any atom is -0.459 e. The quantitative estimate of drug-likeness (QED) is 0.176. The zero-order valence-corrected chi connectivity index (χ0v) is 34.8. The minimum atomic E-state index is -1.02. The SMILES string of the molecule is CC(=O)O[C@H]1C[C@@H](O[C@@H]2[C@H](O)C[C@@H](O[C@@H]3[C@H](O)C[C@@H](O[C@H]4CC[C@@]5(C)[C@@H](CC[C@H]6[C@H]5C[C@@H](O)[C@]5(C)[C@H](C7=CC(=O)OC7)CC[C@]65O)C4)O[C@@H]3C)O[C@@H]2C)O[C@@H](C)[C@@H]1O. The van der Waals surface area contributed by atoms with E-state index >= 15 is 0 Å². The number of fused-ring (bicyclic) bond motifs is 5. The van der Waals surface area contributed by atoms with Crippen molar-refractivity contribution in [3.8, 4) is 0 Å². The Labute approximate surface area is 341 Å². The predicted molar refractivity (Wildman–Crippen MR) is 202 cm³/mol. The highest BCUT2D eigenvalue weighted by Crippen LogP contribution is 2.70. The Hall–Kier alpha value is -1.76. The molecule has 0 unspecified atom stereocenters. The van der Waals surface area contributed by atoms with E-state index in [-0.39, 0.29) is 61.1 Å². The molecular weight excluding hydrogens is 756 g/mol. The highest BCUT2D eigenvalue weighted by Gasteiger charge is 2.71. The van der Waals surface area contributed by atoms with Crippen molar-refractivity contribution in [2.75, 3.05) is 6.61 Å². The van der Waals surface area contributed by atoms with Crippen LogP contribution in [-0.4, -0.2) is 136 Å². The fourth-order valence-electron chi connectivity index (χ4n) is 13.1. The monoisotopic (exact) mass is 822 g/mol. The van der Waals surface area contributed by atoms with E-state index in [1.165, 1.54) is 6.92 Å². The highest BCUT2D eigenvalue weighted by atomic mass is 16.7. The summed E-state index contributed by atoms with van der Waals surface area (Å²) in [5.41, 5.74) is -0.918. The fraction of sp³-hybridized carbons (Fsp3) is 0.907. The molecule has 0 aromatic rings. The average Bonchev–Trinajstić information content (AvgIpc) is 3.70. The molecular formula is C43H66O15. The van der Waals surface area contributed by atoms with Gasteiger partial charge in [0.2, 0.25) is 0 Å². The third-order valence-electron chi connectivity index (χ3n) is 16.2. The first-order valence-corrected chi connectivity index (χ1v) is 21.8. The van der Waals surface area contributed by atoms with Gasteiger partial charge in [0.15, 0.2) is 18.9 Å². The molecule has 0 bridgehead atoms. The van der Waals surface area contributed by atoms with E-state index in [0.717, 1.165) is 44.1 Å². The van der Waals surface area contributed by atoms with Gasteiger partial charge in [-0.15, -0.1) is 0 Å². The molecule has 15 heteroatoms. The Morgan fingerprint density at radius 3 is 1.98 bits per heavy atom. The van der Waals surface area contributed by atoms with Gasteiger partial charge in [0.05, 0.1) is 48.3 Å². The lowest BCUT2D eigenvalue weighted by molar-refractivity contribution is -0.336. The van der Waals surface area contributed by atoms with Crippen molar-refractivity contribution in [1.82, 2.24) is 0 Å². The molecule has 8 aliphatic rings. The van der Waals surface area contributed by atoms with Crippen molar-refractivity contribution >= 4 is 11.9 Å². The van der Waals surface area contributed by atoms with Gasteiger partial charge < -0.3 is 63.4 Å². The maximum atomic E-state index is 12.6. The minimum absolute atomic E-state index is 0.0561. The fourth-order valence-corrected chi connectivity index (χ4v) is 13.1. The second kappa shape index (κ2) is 16.2. The number of aliphatic hydroxyl groups excluding tert-OH is 4. The molecule has 4 heterocycles. The molecule has 4 aliphatic heterocycles. The molecule has 328 valence electrons. The average molecular weight is 823 g/mol. The molecule has 21 atom stereocenters. The first-order valence-electron chi connectivity index (χ1n) is 21.8. The van der Waals surface area contributed by atoms with Crippen LogP contribution in [0.15, 0.2) is 11.6 Å². The van der Waals surface area contributed by atoms with Crippen LogP contribution in [0.3, 0.4) is 0 Å². The van der Waals surface area contributed by atoms with Gasteiger partial charge >= 0.3 is 11.9 Å². The molecule has 3 saturated heterocycles. The van der Waals surface area contributed by atoms with Gasteiger partial charge in [-0.1, -0.05) is 13.8 Å². The van der Waals surface area contributed by atoms with Crippen LogP contribution in [0.5, 0.6) is 0 Å². The molecule has 15 nitrogen and oxygen atoms in total. The van der Waals surface area contributed by atoms with Crippen LogP contribution in [0.1, 0.15) is 112 Å². The second-order valence-corrected chi connectivity index (χ2v) is 19.4. The lowest BCUT2D eigenvalue weighted by Crippen LogP contribution is -2.67. The number of esters is 2. The second-order valence-electron chi connectivity index (χ2n) is 19.4. The molecule has 4 saturated carbocycles. The van der Waals surface area contributed by atoms with Crippen molar-refractivity contribution < 1.29 is 73.0 Å². The summed E-state index contributed by atoms with van der Waals surface area (Å²) in [6.07, 6.45) is -1.66. The third-order valence-corrected chi connectivity index (χ3v) is 16.2. The van der Waals surface area contributed by atoms with Crippen LogP contribution < -0.4 is 0 Å². The predicted octanol–water partition coefficient (Wildman–Crippen LogP) is 2.79. The Morgan fingerprint density at radius 1 is 0.759 bits per heavy atom. The standard InChI is InChI=1S/C43H66O15/c1-20-38(49)32(55-23(4)44)18-37(52-20)58-40-22(3)54-36(17-31(40)46)57-39-21(2)53-35(16-30(39)45)56-26-9-11-41(5)25(14-26)7-8-28-29(41)15-33(47)42(6)27(10-12-43(28,42)50)24-13-34(48)51-19-24/h13,20-22,25-33,35-40,45-47,49-50H,7-12,14-19H2,1-6H3/t20-,21+,22+,25-,26-,27-,28-,29+,30+,31+,32-,33+,35+,36+,37+,38-,39-,40-,41-,42-,43-/m0/s1. The molecule has 0 aromatic heterocycles. The summed E-state index contributed by atoms with van der Waals surface area (Å²) in [6.45, 7) is 11.2. The molecule has 5 N–H and O–H groups in total. The zero-order valence-electron chi connectivity index (χ0n) is 34.8. The lowest BCUT2D eigenvalue weighted by Gasteiger charge is -2.65. The van der Waals surface area contributed by atoms with Crippen molar-refractivity contribution in [1.29, 1.82) is 0 Å². The number of carbonyl (C=O) groups is 2. The Bertz CT molecular complexity index is 1530. The normalized spacial score (nSPS) is 53.2. The van der Waals surface area contributed by atoms with E-state index in [1.54, 1.807) is 19.9 Å². The molecule has 4 aliphatic carbocycles. The van der Waals surface area contributed by atoms with Crippen molar-refractivity contribution in [2.45, 2.75) is 204 Å². The van der Waals surface area contributed by atoms with Gasteiger partial charge in [0.1, 0.15) is 31.0 Å². The van der Waals surface area contributed by atoms with Crippen LogP contribution in [-0.2, 0) is 47.5 Å². The summed E-state index contributed by atoms with van der Waals surface area (Å²) in [5, 5.41) is 57.3. The number of aliphatic hydroxyl groups is 5. The Balaban J connectivity index is 0.829. The van der Waals surface area contributed by atoms with Crippen molar-refractivity contribution in [3.63, 3.8) is 0 Å². The van der Waals surface area contributed by atoms with Crippen LogP contribution in [0.2, 0.25) is 0 Å². The van der Waals surface area contributed by atoms with E-state index in [9.17, 15) is 35.1 Å². The van der Waals surface area contributed by atoms with Crippen LogP contribution in [0, 0.1) is 34.5 Å². The summed E-state index contributed by atoms with van der Waals surface area (Å²) in [5.74, 6) is -0.345. The zero-order chi connectivity index (χ0) is 41.5. The van der Waals surface area contributed by atoms with Gasteiger partial charge in [-0.05, 0) is 107 Å². The first-order chi connectivity index (χ1) is 27.4. The third kappa shape index (κ3) is 7.49. The first kappa shape index (κ1) is 42.9. The molecule has 0 spiro atoms. The number of ether oxygens (including phenoxy) is 8. The number of hydrogen-bond donors (Lipinski definition) is 5. The molecule has 7 fully saturated rings. The summed E-state index contributed by atoms with van der Waals surface area (Å²) in [4.78, 5) is 23.5. The highest BCUT2D eigenvalue weighted by molar-refractivity contribution is 5.85.